The van der Waals surface area contributed by atoms with Crippen LogP contribution in [0.2, 0.25) is 0 Å². The van der Waals surface area contributed by atoms with Gasteiger partial charge in [-0.2, -0.15) is 0 Å². The lowest BCUT2D eigenvalue weighted by atomic mass is 9.79. The number of hydrogen-bond donors (Lipinski definition) is 1. The standard InChI is InChI=1S/C27H48O4S.H3N/c1-6-11-12-13-14-15-16-17-18-19-22-27(10-5,31-32(28,29)30)26-21-20-23(7-2)24(8-3)25(26)9-4;/h20-21H,6-19,22H2,1-5H3,(H,28,29,30);1H3. The minimum atomic E-state index is -4.81. The fourth-order valence-corrected chi connectivity index (χ4v) is 5.77. The molecule has 1 aromatic carbocycles. The number of quaternary nitrogens is 1. The Morgan fingerprint density at radius 2 is 1.27 bits per heavy atom. The molecule has 0 aliphatic heterocycles. The fraction of sp³-hybridized carbons (Fsp3) is 0.778. The molecule has 1 unspecified atom stereocenters. The maximum absolute atomic E-state index is 11.8. The zero-order valence-corrected chi connectivity index (χ0v) is 23.1. The van der Waals surface area contributed by atoms with E-state index in [1.807, 2.05) is 13.0 Å². The van der Waals surface area contributed by atoms with E-state index in [1.165, 1.54) is 56.1 Å². The van der Waals surface area contributed by atoms with Gasteiger partial charge in [-0.05, 0) is 54.4 Å². The second kappa shape index (κ2) is 16.6. The first kappa shape index (κ1) is 32.0. The smallest absolute Gasteiger partial charge is 0.218 e. The summed E-state index contributed by atoms with van der Waals surface area (Å²) in [6.07, 6.45) is 15.8. The summed E-state index contributed by atoms with van der Waals surface area (Å²) < 4.78 is 40.7. The Balaban J connectivity index is 0.0000102. The van der Waals surface area contributed by atoms with Gasteiger partial charge in [0.05, 0.1) is 0 Å². The first-order valence-electron chi connectivity index (χ1n) is 13.1. The van der Waals surface area contributed by atoms with E-state index in [2.05, 4.69) is 33.8 Å². The van der Waals surface area contributed by atoms with E-state index in [9.17, 15) is 13.0 Å². The zero-order valence-electron chi connectivity index (χ0n) is 22.3. The molecule has 0 aliphatic rings. The molecule has 1 aromatic rings. The summed E-state index contributed by atoms with van der Waals surface area (Å²) in [7, 11) is -4.81. The largest absolute Gasteiger partial charge is 0.725 e. The summed E-state index contributed by atoms with van der Waals surface area (Å²) in [5.41, 5.74) is 3.56. The summed E-state index contributed by atoms with van der Waals surface area (Å²) in [5.74, 6) is 0. The summed E-state index contributed by atoms with van der Waals surface area (Å²) in [6.45, 7) is 10.6. The second-order valence-electron chi connectivity index (χ2n) is 9.06. The molecule has 6 heteroatoms. The van der Waals surface area contributed by atoms with Crippen LogP contribution in [0.4, 0.5) is 0 Å². The van der Waals surface area contributed by atoms with Gasteiger partial charge in [0.25, 0.3) is 0 Å². The predicted molar refractivity (Wildman–Crippen MR) is 140 cm³/mol. The third-order valence-electron chi connectivity index (χ3n) is 6.87. The molecule has 0 aromatic heterocycles. The minimum absolute atomic E-state index is 0. The molecule has 0 amide bonds. The number of benzene rings is 1. The van der Waals surface area contributed by atoms with E-state index < -0.39 is 16.0 Å². The van der Waals surface area contributed by atoms with E-state index in [0.717, 1.165) is 49.7 Å². The Labute approximate surface area is 204 Å². The van der Waals surface area contributed by atoms with Crippen molar-refractivity contribution < 1.29 is 17.2 Å². The second-order valence-corrected chi connectivity index (χ2v) is 10.0. The van der Waals surface area contributed by atoms with E-state index in [1.54, 1.807) is 0 Å². The monoisotopic (exact) mass is 485 g/mol. The normalized spacial score (nSPS) is 13.5. The van der Waals surface area contributed by atoms with Gasteiger partial charge in [0.2, 0.25) is 10.4 Å². The van der Waals surface area contributed by atoms with Crippen molar-refractivity contribution in [3.05, 3.63) is 34.4 Å². The number of aryl methyl sites for hydroxylation is 1. The van der Waals surface area contributed by atoms with Crippen molar-refractivity contribution in [2.45, 2.75) is 137 Å². The average Bonchev–Trinajstić information content (AvgIpc) is 2.77. The highest BCUT2D eigenvalue weighted by molar-refractivity contribution is 7.80. The van der Waals surface area contributed by atoms with Gasteiger partial charge in [0.1, 0.15) is 5.60 Å². The van der Waals surface area contributed by atoms with Crippen molar-refractivity contribution >= 4 is 10.4 Å². The third-order valence-corrected chi connectivity index (χ3v) is 7.40. The molecule has 0 aliphatic carbocycles. The lowest BCUT2D eigenvalue weighted by Gasteiger charge is -2.36. The van der Waals surface area contributed by atoms with E-state index in [4.69, 9.17) is 4.18 Å². The molecule has 1 atom stereocenters. The van der Waals surface area contributed by atoms with Crippen LogP contribution in [0, 0.1) is 0 Å². The molecule has 0 radical (unpaired) electrons. The zero-order chi connectivity index (χ0) is 24.0. The van der Waals surface area contributed by atoms with Gasteiger partial charge >= 0.3 is 0 Å². The van der Waals surface area contributed by atoms with Crippen molar-refractivity contribution in [1.29, 1.82) is 0 Å². The van der Waals surface area contributed by atoms with Gasteiger partial charge in [-0.25, -0.2) is 8.42 Å². The maximum atomic E-state index is 11.8. The van der Waals surface area contributed by atoms with Gasteiger partial charge in [-0.3, -0.25) is 4.18 Å². The van der Waals surface area contributed by atoms with Gasteiger partial charge in [-0.1, -0.05) is 111 Å². The summed E-state index contributed by atoms with van der Waals surface area (Å²) in [6, 6.07) is 4.11. The van der Waals surface area contributed by atoms with Crippen LogP contribution in [-0.4, -0.2) is 13.0 Å². The molecule has 4 N–H and O–H groups in total. The number of hydrogen-bond acceptors (Lipinski definition) is 4. The molecule has 33 heavy (non-hydrogen) atoms. The minimum Gasteiger partial charge on any atom is -0.725 e. The Morgan fingerprint density at radius 3 is 1.70 bits per heavy atom. The van der Waals surface area contributed by atoms with Crippen molar-refractivity contribution in [3.63, 3.8) is 0 Å². The quantitative estimate of drug-likeness (QED) is 0.129. The van der Waals surface area contributed by atoms with Crippen LogP contribution >= 0.6 is 0 Å². The Hall–Kier alpha value is -0.950. The number of unbranched alkanes of at least 4 members (excludes halogenated alkanes) is 9. The predicted octanol–water partition coefficient (Wildman–Crippen LogP) is 8.14. The number of rotatable bonds is 18. The van der Waals surface area contributed by atoms with E-state index >= 15 is 0 Å². The molecule has 1 rings (SSSR count). The Morgan fingerprint density at radius 1 is 0.758 bits per heavy atom. The van der Waals surface area contributed by atoms with Gasteiger partial charge in [0.15, 0.2) is 0 Å². The fourth-order valence-electron chi connectivity index (χ4n) is 5.08. The highest BCUT2D eigenvalue weighted by Crippen LogP contribution is 2.40. The molecule has 0 heterocycles. The highest BCUT2D eigenvalue weighted by Gasteiger charge is 2.36. The average molecular weight is 486 g/mol. The van der Waals surface area contributed by atoms with Crippen LogP contribution in [0.5, 0.6) is 0 Å². The van der Waals surface area contributed by atoms with Gasteiger partial charge < -0.3 is 10.7 Å². The van der Waals surface area contributed by atoms with Crippen molar-refractivity contribution in [2.24, 2.45) is 0 Å². The van der Waals surface area contributed by atoms with Crippen LogP contribution in [0.15, 0.2) is 12.1 Å². The molecule has 5 nitrogen and oxygen atoms in total. The van der Waals surface area contributed by atoms with Crippen LogP contribution in [0.3, 0.4) is 0 Å². The van der Waals surface area contributed by atoms with Crippen LogP contribution < -0.4 is 6.15 Å². The maximum Gasteiger partial charge on any atom is 0.218 e. The Bertz CT molecular complexity index is 764. The summed E-state index contributed by atoms with van der Waals surface area (Å²) >= 11 is 0. The SMILES string of the molecule is CCCCCCCCCCCCC(CC)(OS(=O)(=O)[O-])c1ccc(CC)c(CC)c1CC.[NH4+]. The Kier molecular flexibility index (Phi) is 16.2. The molecule has 0 fully saturated rings. The van der Waals surface area contributed by atoms with Crippen LogP contribution in [-0.2, 0) is 39.4 Å². The van der Waals surface area contributed by atoms with Crippen molar-refractivity contribution in [1.82, 2.24) is 6.15 Å². The summed E-state index contributed by atoms with van der Waals surface area (Å²) in [4.78, 5) is 0. The lowest BCUT2D eigenvalue weighted by molar-refractivity contribution is 0.0409. The first-order valence-corrected chi connectivity index (χ1v) is 14.4. The lowest BCUT2D eigenvalue weighted by Crippen LogP contribution is -2.33. The van der Waals surface area contributed by atoms with Gasteiger partial charge in [0, 0.05) is 0 Å². The molecule has 194 valence electrons. The van der Waals surface area contributed by atoms with E-state index in [0.29, 0.717) is 12.8 Å². The third kappa shape index (κ3) is 10.5. The molecular formula is C27H51NO4S. The summed E-state index contributed by atoms with van der Waals surface area (Å²) in [5, 5.41) is 0. The van der Waals surface area contributed by atoms with Crippen LogP contribution in [0.1, 0.15) is 134 Å². The first-order chi connectivity index (χ1) is 15.3. The van der Waals surface area contributed by atoms with Crippen molar-refractivity contribution in [3.8, 4) is 0 Å². The highest BCUT2D eigenvalue weighted by atomic mass is 32.3. The van der Waals surface area contributed by atoms with E-state index in [-0.39, 0.29) is 6.15 Å². The molecular weight excluding hydrogens is 434 g/mol. The van der Waals surface area contributed by atoms with Crippen molar-refractivity contribution in [2.75, 3.05) is 0 Å². The topological polar surface area (TPSA) is 103 Å². The molecule has 0 bridgehead atoms. The molecule has 0 spiro atoms. The van der Waals surface area contributed by atoms with Gasteiger partial charge in [-0.15, -0.1) is 0 Å². The molecule has 0 saturated heterocycles. The molecule has 0 saturated carbocycles. The van der Waals surface area contributed by atoms with Crippen LogP contribution in [0.25, 0.3) is 0 Å².